The summed E-state index contributed by atoms with van der Waals surface area (Å²) in [6.07, 6.45) is 2.33. The second-order valence-corrected chi connectivity index (χ2v) is 17.6. The van der Waals surface area contributed by atoms with Gasteiger partial charge in [0.2, 0.25) is 0 Å². The molecular weight excluding hydrogens is 802 g/mol. The Kier molecular flexibility index (Phi) is 8.95. The number of allylic oxidation sites excluding steroid dienone is 1. The lowest BCUT2D eigenvalue weighted by Crippen LogP contribution is -2.57. The molecular formula is C61H44BN3O. The molecule has 9 aromatic carbocycles. The predicted molar refractivity (Wildman–Crippen MR) is 274 cm³/mol. The van der Waals surface area contributed by atoms with Crippen molar-refractivity contribution >= 4 is 57.7 Å². The molecule has 0 saturated heterocycles. The van der Waals surface area contributed by atoms with Crippen LogP contribution in [0.15, 0.2) is 248 Å². The molecule has 3 aliphatic heterocycles. The van der Waals surface area contributed by atoms with Crippen molar-refractivity contribution in [3.8, 4) is 28.0 Å². The zero-order valence-corrected chi connectivity index (χ0v) is 36.5. The Morgan fingerprint density at radius 1 is 0.485 bits per heavy atom. The lowest BCUT2D eigenvalue weighted by atomic mass is 9.41. The first kappa shape index (κ1) is 38.2. The first-order chi connectivity index (χ1) is 32.7. The summed E-state index contributed by atoms with van der Waals surface area (Å²) in [6, 6.07) is 83.8. The van der Waals surface area contributed by atoms with E-state index in [9.17, 15) is 0 Å². The van der Waals surface area contributed by atoms with E-state index in [1.54, 1.807) is 0 Å². The van der Waals surface area contributed by atoms with Gasteiger partial charge in [-0.1, -0.05) is 152 Å². The van der Waals surface area contributed by atoms with E-state index < -0.39 is 0 Å². The summed E-state index contributed by atoms with van der Waals surface area (Å²) >= 11 is 0. The molecule has 312 valence electrons. The zero-order chi connectivity index (χ0) is 43.7. The molecule has 0 bridgehead atoms. The minimum Gasteiger partial charge on any atom is -0.484 e. The highest BCUT2D eigenvalue weighted by Gasteiger charge is 2.53. The zero-order valence-electron chi connectivity index (χ0n) is 36.5. The molecule has 4 nitrogen and oxygen atoms in total. The van der Waals surface area contributed by atoms with Gasteiger partial charge in [-0.25, -0.2) is 0 Å². The molecule has 9 aromatic rings. The third-order valence-electron chi connectivity index (χ3n) is 13.9. The van der Waals surface area contributed by atoms with E-state index in [1.807, 2.05) is 0 Å². The molecule has 4 aliphatic rings. The average molecular weight is 846 g/mol. The monoisotopic (exact) mass is 845 g/mol. The maximum absolute atomic E-state index is 7.17. The van der Waals surface area contributed by atoms with Crippen molar-refractivity contribution < 1.29 is 4.74 Å². The van der Waals surface area contributed by atoms with Crippen LogP contribution < -0.4 is 24.8 Å². The minimum absolute atomic E-state index is 0.0236. The van der Waals surface area contributed by atoms with E-state index in [0.29, 0.717) is 0 Å². The number of aryl methyl sites for hydroxylation is 1. The predicted octanol–water partition coefficient (Wildman–Crippen LogP) is 14.7. The van der Waals surface area contributed by atoms with Crippen molar-refractivity contribution in [2.24, 2.45) is 0 Å². The number of rotatable bonds is 7. The highest BCUT2D eigenvalue weighted by atomic mass is 16.5. The fourth-order valence-corrected chi connectivity index (χ4v) is 11.0. The van der Waals surface area contributed by atoms with Crippen LogP contribution in [0.5, 0.6) is 5.75 Å². The van der Waals surface area contributed by atoms with Gasteiger partial charge in [-0.05, 0) is 131 Å². The molecule has 0 saturated carbocycles. The van der Waals surface area contributed by atoms with Crippen LogP contribution in [0.2, 0.25) is 0 Å². The van der Waals surface area contributed by atoms with Gasteiger partial charge in [0, 0.05) is 68.1 Å². The Hall–Kier alpha value is -8.28. The number of nitrogens with zero attached hydrogens (tertiary/aromatic N) is 3. The number of hydrogen-bond acceptors (Lipinski definition) is 4. The van der Waals surface area contributed by atoms with Crippen LogP contribution in [0.1, 0.15) is 22.6 Å². The summed E-state index contributed by atoms with van der Waals surface area (Å²) in [4.78, 5) is 7.56. The van der Waals surface area contributed by atoms with Crippen LogP contribution in [0.4, 0.5) is 39.8 Å². The van der Waals surface area contributed by atoms with Crippen LogP contribution in [-0.4, -0.2) is 13.0 Å². The number of ether oxygens (including phenoxy) is 1. The SMILES string of the molecule is Cc1cc(-c2ccccc2)ccc1N1C2=CC3c4ccccc4OC3C3=C2B(c2cc(N(c4ccccc4)c4ccccc4)ccc21)N(c1cccc(-c2ccccc2)c1)c1ccccc13. The third kappa shape index (κ3) is 6.08. The van der Waals surface area contributed by atoms with E-state index in [4.69, 9.17) is 4.74 Å². The van der Waals surface area contributed by atoms with Crippen LogP contribution >= 0.6 is 0 Å². The summed E-state index contributed by atoms with van der Waals surface area (Å²) in [5.41, 5.74) is 21.3. The van der Waals surface area contributed by atoms with Gasteiger partial charge in [0.05, 0.1) is 0 Å². The van der Waals surface area contributed by atoms with Crippen molar-refractivity contribution in [1.29, 1.82) is 0 Å². The Bertz CT molecular complexity index is 3350. The maximum Gasteiger partial charge on any atom is 0.332 e. The normalized spacial score (nSPS) is 16.3. The molecule has 2 unspecified atom stereocenters. The Morgan fingerprint density at radius 2 is 1.09 bits per heavy atom. The van der Waals surface area contributed by atoms with Gasteiger partial charge in [0.25, 0.3) is 0 Å². The molecule has 13 rings (SSSR count). The smallest absolute Gasteiger partial charge is 0.332 e. The number of para-hydroxylation sites is 4. The molecule has 2 atom stereocenters. The molecule has 0 N–H and O–H groups in total. The summed E-state index contributed by atoms with van der Waals surface area (Å²) in [5.74, 6) is 0.981. The molecule has 3 heterocycles. The second-order valence-electron chi connectivity index (χ2n) is 17.6. The Labute approximate surface area is 386 Å². The van der Waals surface area contributed by atoms with Gasteiger partial charge in [-0.2, -0.15) is 0 Å². The first-order valence-corrected chi connectivity index (χ1v) is 22.9. The van der Waals surface area contributed by atoms with Crippen molar-refractivity contribution in [2.75, 3.05) is 14.6 Å². The number of anilines is 7. The third-order valence-corrected chi connectivity index (χ3v) is 13.9. The number of hydrogen-bond donors (Lipinski definition) is 0. The molecule has 1 aliphatic carbocycles. The summed E-state index contributed by atoms with van der Waals surface area (Å²) in [5, 5.41) is 0. The fraction of sp³-hybridized carbons (Fsp3) is 0.0492. The van der Waals surface area contributed by atoms with Crippen molar-refractivity contribution in [3.63, 3.8) is 0 Å². The largest absolute Gasteiger partial charge is 0.484 e. The second kappa shape index (κ2) is 15.5. The van der Waals surface area contributed by atoms with Gasteiger partial charge >= 0.3 is 6.85 Å². The Balaban J connectivity index is 1.11. The number of fused-ring (bicyclic) bond motifs is 8. The van der Waals surface area contributed by atoms with Crippen molar-refractivity contribution in [2.45, 2.75) is 18.9 Å². The average Bonchev–Trinajstić information content (AvgIpc) is 3.76. The fourth-order valence-electron chi connectivity index (χ4n) is 11.0. The van der Waals surface area contributed by atoms with Gasteiger partial charge in [-0.15, -0.1) is 0 Å². The highest BCUT2D eigenvalue weighted by molar-refractivity contribution is 6.88. The molecule has 0 spiro atoms. The summed E-state index contributed by atoms with van der Waals surface area (Å²) in [6.45, 7) is 2.06. The van der Waals surface area contributed by atoms with Gasteiger partial charge < -0.3 is 19.3 Å². The highest BCUT2D eigenvalue weighted by Crippen LogP contribution is 2.58. The standard InChI is InChI=1S/C61H44BN3O/c1-41-37-45(43-21-8-3-9-22-43)33-35-54(41)64-56-36-34-48(63(46-24-10-4-11-25-46)47-26-12-5-13-27-47)39-53(56)62-60-57(64)40-52-50-29-15-17-32-58(50)66-61(52)59(60)51-30-14-16-31-55(51)65(62)49-28-18-23-44(38-49)42-19-6-2-7-20-42/h2-40,52,61H,1H3. The van der Waals surface area contributed by atoms with Crippen LogP contribution in [0.3, 0.4) is 0 Å². The molecule has 5 heteroatoms. The maximum atomic E-state index is 7.17. The quantitative estimate of drug-likeness (QED) is 0.149. The number of benzene rings is 9. The van der Waals surface area contributed by atoms with Crippen LogP contribution in [-0.2, 0) is 0 Å². The van der Waals surface area contributed by atoms with Crippen molar-refractivity contribution in [1.82, 2.24) is 0 Å². The van der Waals surface area contributed by atoms with E-state index in [2.05, 4.69) is 258 Å². The van der Waals surface area contributed by atoms with Crippen LogP contribution in [0, 0.1) is 6.92 Å². The summed E-state index contributed by atoms with van der Waals surface area (Å²) in [7, 11) is 0. The van der Waals surface area contributed by atoms with Gasteiger partial charge in [0.1, 0.15) is 11.9 Å². The molecule has 0 fully saturated rings. The topological polar surface area (TPSA) is 19.0 Å². The van der Waals surface area contributed by atoms with E-state index in [1.165, 1.54) is 66.8 Å². The van der Waals surface area contributed by atoms with Gasteiger partial charge in [0.15, 0.2) is 0 Å². The summed E-state index contributed by atoms with van der Waals surface area (Å²) < 4.78 is 7.17. The van der Waals surface area contributed by atoms with E-state index in [-0.39, 0.29) is 18.9 Å². The van der Waals surface area contributed by atoms with E-state index >= 15 is 0 Å². The lowest BCUT2D eigenvalue weighted by molar-refractivity contribution is 0.277. The molecule has 0 radical (unpaired) electrons. The van der Waals surface area contributed by atoms with E-state index in [0.717, 1.165) is 39.9 Å². The molecule has 0 amide bonds. The van der Waals surface area contributed by atoms with Crippen LogP contribution in [0.25, 0.3) is 27.8 Å². The lowest BCUT2D eigenvalue weighted by Gasteiger charge is -2.50. The Morgan fingerprint density at radius 3 is 1.80 bits per heavy atom. The first-order valence-electron chi connectivity index (χ1n) is 22.9. The molecule has 66 heavy (non-hydrogen) atoms. The molecule has 0 aromatic heterocycles. The van der Waals surface area contributed by atoms with Crippen molar-refractivity contribution in [3.05, 3.63) is 264 Å². The van der Waals surface area contributed by atoms with Gasteiger partial charge in [-0.3, -0.25) is 0 Å². The minimum atomic E-state index is -0.205.